The number of benzene rings is 2. The van der Waals surface area contributed by atoms with E-state index >= 15 is 0 Å². The molecule has 0 bridgehead atoms. The molecule has 2 N–H and O–H groups in total. The van der Waals surface area contributed by atoms with Crippen LogP contribution < -0.4 is 14.4 Å². The molecule has 0 atom stereocenters. The maximum Gasteiger partial charge on any atom is 0.262 e. The number of fused-ring (bicyclic) bond motifs is 2. The molecule has 32 heavy (non-hydrogen) atoms. The van der Waals surface area contributed by atoms with Crippen molar-refractivity contribution in [3.63, 3.8) is 0 Å². The summed E-state index contributed by atoms with van der Waals surface area (Å²) in [5.41, 5.74) is 5.05. The third-order valence-electron chi connectivity index (χ3n) is 6.14. The minimum Gasteiger partial charge on any atom is -0.490 e. The minimum atomic E-state index is -3.72. The second kappa shape index (κ2) is 8.48. The van der Waals surface area contributed by atoms with E-state index in [0.717, 1.165) is 50.4 Å². The zero-order valence-corrected chi connectivity index (χ0v) is 18.9. The molecule has 0 amide bonds. The van der Waals surface area contributed by atoms with Crippen molar-refractivity contribution in [1.29, 1.82) is 0 Å². The molecule has 5 rings (SSSR count). The molecule has 0 saturated carbocycles. The third kappa shape index (κ3) is 4.31. The molecule has 2 aliphatic rings. The third-order valence-corrected chi connectivity index (χ3v) is 7.52. The SMILES string of the molecule is CN1CCOc2cc(S(=O)(=O)Nc3ccc4c(c3)CCN(Cc3ccn[nH]3)CC4)ccc21. The quantitative estimate of drug-likeness (QED) is 0.617. The number of hydrogen-bond acceptors (Lipinski definition) is 6. The molecule has 1 aromatic heterocycles. The number of aromatic nitrogens is 2. The van der Waals surface area contributed by atoms with Gasteiger partial charge in [0, 0.05) is 50.3 Å². The van der Waals surface area contributed by atoms with Gasteiger partial charge >= 0.3 is 0 Å². The van der Waals surface area contributed by atoms with E-state index < -0.39 is 10.0 Å². The van der Waals surface area contributed by atoms with Crippen LogP contribution in [0, 0.1) is 0 Å². The second-order valence-electron chi connectivity index (χ2n) is 8.35. The fraction of sp³-hybridized carbons (Fsp3) is 0.348. The van der Waals surface area contributed by atoms with E-state index in [0.29, 0.717) is 18.0 Å². The van der Waals surface area contributed by atoms with Crippen LogP contribution in [0.5, 0.6) is 5.75 Å². The van der Waals surface area contributed by atoms with Gasteiger partial charge in [0.15, 0.2) is 0 Å². The zero-order valence-electron chi connectivity index (χ0n) is 18.0. The summed E-state index contributed by atoms with van der Waals surface area (Å²) in [7, 11) is -1.74. The number of H-pyrrole nitrogens is 1. The van der Waals surface area contributed by atoms with Gasteiger partial charge in [-0.15, -0.1) is 0 Å². The van der Waals surface area contributed by atoms with Crippen LogP contribution in [0.25, 0.3) is 0 Å². The first-order valence-corrected chi connectivity index (χ1v) is 12.3. The van der Waals surface area contributed by atoms with Gasteiger partial charge < -0.3 is 9.64 Å². The van der Waals surface area contributed by atoms with Gasteiger partial charge in [-0.3, -0.25) is 14.7 Å². The number of likely N-dealkylation sites (N-methyl/N-ethyl adjacent to an activating group) is 1. The largest absolute Gasteiger partial charge is 0.490 e. The van der Waals surface area contributed by atoms with E-state index in [1.54, 1.807) is 24.4 Å². The Hall–Kier alpha value is -3.04. The zero-order chi connectivity index (χ0) is 22.1. The van der Waals surface area contributed by atoms with Crippen LogP contribution in [-0.4, -0.2) is 56.8 Å². The van der Waals surface area contributed by atoms with Crippen LogP contribution in [-0.2, 0) is 29.4 Å². The summed E-state index contributed by atoms with van der Waals surface area (Å²) in [5.74, 6) is 0.598. The van der Waals surface area contributed by atoms with Crippen molar-refractivity contribution in [2.75, 3.05) is 42.9 Å². The Balaban J connectivity index is 1.31. The molecule has 8 nitrogen and oxygen atoms in total. The molecule has 0 unspecified atom stereocenters. The standard InChI is InChI=1S/C23H27N5O3S/c1-27-12-13-31-23-15-21(4-5-22(23)27)32(29,30)26-19-3-2-17-7-10-28(11-8-18(17)14-19)16-20-6-9-24-25-20/h2-6,9,14-15,26H,7-8,10-13,16H2,1H3,(H,24,25). The number of hydrogen-bond donors (Lipinski definition) is 2. The summed E-state index contributed by atoms with van der Waals surface area (Å²) in [4.78, 5) is 4.65. The highest BCUT2D eigenvalue weighted by molar-refractivity contribution is 7.92. The molecule has 2 aromatic carbocycles. The molecule has 0 fully saturated rings. The van der Waals surface area contributed by atoms with Crippen LogP contribution in [0.3, 0.4) is 0 Å². The number of nitrogens with zero attached hydrogens (tertiary/aromatic N) is 3. The van der Waals surface area contributed by atoms with E-state index in [-0.39, 0.29) is 4.90 Å². The normalized spacial score (nSPS) is 16.6. The number of sulfonamides is 1. The molecular formula is C23H27N5O3S. The number of anilines is 2. The van der Waals surface area contributed by atoms with Crippen molar-refractivity contribution in [2.45, 2.75) is 24.3 Å². The lowest BCUT2D eigenvalue weighted by Crippen LogP contribution is -2.29. The molecule has 3 aromatic rings. The maximum absolute atomic E-state index is 13.0. The van der Waals surface area contributed by atoms with Gasteiger partial charge in [0.2, 0.25) is 0 Å². The van der Waals surface area contributed by atoms with Crippen LogP contribution in [0.2, 0.25) is 0 Å². The first-order chi connectivity index (χ1) is 15.5. The Morgan fingerprint density at radius 2 is 1.91 bits per heavy atom. The molecular weight excluding hydrogens is 426 g/mol. The smallest absolute Gasteiger partial charge is 0.262 e. The van der Waals surface area contributed by atoms with Gasteiger partial charge in [-0.2, -0.15) is 5.10 Å². The molecule has 3 heterocycles. The van der Waals surface area contributed by atoms with Gasteiger partial charge in [-0.25, -0.2) is 8.42 Å². The Labute approximate surface area is 188 Å². The fourth-order valence-electron chi connectivity index (χ4n) is 4.33. The van der Waals surface area contributed by atoms with Crippen LogP contribution >= 0.6 is 0 Å². The van der Waals surface area contributed by atoms with E-state index in [4.69, 9.17) is 4.74 Å². The predicted molar refractivity (Wildman–Crippen MR) is 124 cm³/mol. The average Bonchev–Trinajstić information content (AvgIpc) is 3.21. The topological polar surface area (TPSA) is 90.6 Å². The molecule has 0 radical (unpaired) electrons. The average molecular weight is 454 g/mol. The van der Waals surface area contributed by atoms with Crippen LogP contribution in [0.1, 0.15) is 16.8 Å². The van der Waals surface area contributed by atoms with Gasteiger partial charge in [0.1, 0.15) is 12.4 Å². The number of nitrogens with one attached hydrogen (secondary N) is 2. The Morgan fingerprint density at radius 1 is 1.06 bits per heavy atom. The van der Waals surface area contributed by atoms with Crippen molar-refractivity contribution in [3.8, 4) is 5.75 Å². The van der Waals surface area contributed by atoms with Gasteiger partial charge in [-0.05, 0) is 54.3 Å². The summed E-state index contributed by atoms with van der Waals surface area (Å²) in [6, 6.07) is 12.9. The van der Waals surface area contributed by atoms with Crippen molar-refractivity contribution in [2.24, 2.45) is 0 Å². The van der Waals surface area contributed by atoms with Crippen molar-refractivity contribution in [1.82, 2.24) is 15.1 Å². The highest BCUT2D eigenvalue weighted by Gasteiger charge is 2.22. The lowest BCUT2D eigenvalue weighted by molar-refractivity contribution is 0.276. The summed E-state index contributed by atoms with van der Waals surface area (Å²) >= 11 is 0. The van der Waals surface area contributed by atoms with E-state index in [1.807, 2.05) is 31.3 Å². The summed E-state index contributed by atoms with van der Waals surface area (Å²) in [6.07, 6.45) is 3.58. The lowest BCUT2D eigenvalue weighted by atomic mass is 10.0. The first kappa shape index (κ1) is 20.8. The van der Waals surface area contributed by atoms with Gasteiger partial charge in [-0.1, -0.05) is 6.07 Å². The summed E-state index contributed by atoms with van der Waals surface area (Å²) < 4.78 is 34.5. The van der Waals surface area contributed by atoms with Crippen molar-refractivity contribution in [3.05, 3.63) is 65.5 Å². The van der Waals surface area contributed by atoms with E-state index in [9.17, 15) is 8.42 Å². The highest BCUT2D eigenvalue weighted by atomic mass is 32.2. The molecule has 168 valence electrons. The Morgan fingerprint density at radius 3 is 2.72 bits per heavy atom. The molecule has 0 aliphatic carbocycles. The summed E-state index contributed by atoms with van der Waals surface area (Å²) in [6.45, 7) is 4.04. The van der Waals surface area contributed by atoms with Crippen molar-refractivity contribution >= 4 is 21.4 Å². The van der Waals surface area contributed by atoms with E-state index in [2.05, 4.69) is 24.7 Å². The number of aromatic amines is 1. The monoisotopic (exact) mass is 453 g/mol. The Bertz CT molecular complexity index is 1210. The van der Waals surface area contributed by atoms with E-state index in [1.165, 1.54) is 11.1 Å². The first-order valence-electron chi connectivity index (χ1n) is 10.8. The number of ether oxygens (including phenoxy) is 1. The highest BCUT2D eigenvalue weighted by Crippen LogP contribution is 2.33. The molecule has 9 heteroatoms. The fourth-order valence-corrected chi connectivity index (χ4v) is 5.39. The summed E-state index contributed by atoms with van der Waals surface area (Å²) in [5, 5.41) is 7.04. The van der Waals surface area contributed by atoms with Crippen molar-refractivity contribution < 1.29 is 13.2 Å². The van der Waals surface area contributed by atoms with Crippen LogP contribution in [0.15, 0.2) is 53.6 Å². The van der Waals surface area contributed by atoms with Gasteiger partial charge in [0.25, 0.3) is 10.0 Å². The minimum absolute atomic E-state index is 0.201. The Kier molecular flexibility index (Phi) is 5.52. The second-order valence-corrected chi connectivity index (χ2v) is 10.0. The van der Waals surface area contributed by atoms with Crippen LogP contribution in [0.4, 0.5) is 11.4 Å². The molecule has 2 aliphatic heterocycles. The lowest BCUT2D eigenvalue weighted by Gasteiger charge is -2.27. The predicted octanol–water partition coefficient (Wildman–Crippen LogP) is 2.64. The molecule has 0 spiro atoms. The maximum atomic E-state index is 13.0. The number of rotatable bonds is 5. The molecule has 0 saturated heterocycles. The van der Waals surface area contributed by atoms with Gasteiger partial charge in [0.05, 0.1) is 17.1 Å².